The van der Waals surface area contributed by atoms with Gasteiger partial charge in [-0.05, 0) is 55.0 Å². The molecule has 0 fully saturated rings. The maximum Gasteiger partial charge on any atom is 0.416 e. The SMILES string of the molecule is C[C@H](NS(C)(=O)=O)c1ccc(S(=O)(=O)c2cc(C(F)(F)F)ccc2S(=O)(=O)c2ccccc2F)cc1. The second kappa shape index (κ2) is 9.57. The molecular formula is C22H19F4NO6S3. The summed E-state index contributed by atoms with van der Waals surface area (Å²) in [6.45, 7) is 1.48. The average Bonchev–Trinajstić information content (AvgIpc) is 2.77. The number of nitrogens with one attached hydrogen (secondary N) is 1. The molecule has 0 bridgehead atoms. The van der Waals surface area contributed by atoms with Crippen molar-refractivity contribution in [1.29, 1.82) is 0 Å². The molecule has 0 heterocycles. The van der Waals surface area contributed by atoms with E-state index < -0.39 is 72.9 Å². The quantitative estimate of drug-likeness (QED) is 0.431. The van der Waals surface area contributed by atoms with Crippen LogP contribution in [0.5, 0.6) is 0 Å². The molecule has 0 radical (unpaired) electrons. The second-order valence-electron chi connectivity index (χ2n) is 7.78. The van der Waals surface area contributed by atoms with E-state index in [2.05, 4.69) is 4.72 Å². The Morgan fingerprint density at radius 3 is 1.86 bits per heavy atom. The van der Waals surface area contributed by atoms with Gasteiger partial charge in [0.25, 0.3) is 0 Å². The summed E-state index contributed by atoms with van der Waals surface area (Å²) >= 11 is 0. The van der Waals surface area contributed by atoms with E-state index in [1.165, 1.54) is 31.2 Å². The molecule has 194 valence electrons. The van der Waals surface area contributed by atoms with Gasteiger partial charge in [-0.25, -0.2) is 34.4 Å². The third kappa shape index (κ3) is 5.77. The van der Waals surface area contributed by atoms with Crippen molar-refractivity contribution >= 4 is 29.7 Å². The van der Waals surface area contributed by atoms with Crippen LogP contribution in [0, 0.1) is 5.82 Å². The fourth-order valence-corrected chi connectivity index (χ4v) is 7.54. The van der Waals surface area contributed by atoms with Crippen molar-refractivity contribution in [3.05, 3.63) is 83.7 Å². The monoisotopic (exact) mass is 565 g/mol. The summed E-state index contributed by atoms with van der Waals surface area (Å²) in [6, 6.07) is 8.82. The first-order valence-electron chi connectivity index (χ1n) is 9.98. The van der Waals surface area contributed by atoms with Gasteiger partial charge in [-0.15, -0.1) is 0 Å². The number of halogens is 4. The van der Waals surface area contributed by atoms with E-state index in [0.717, 1.165) is 30.5 Å². The summed E-state index contributed by atoms with van der Waals surface area (Å²) in [5, 5.41) is 0. The molecule has 1 N–H and O–H groups in total. The van der Waals surface area contributed by atoms with E-state index in [9.17, 15) is 42.8 Å². The number of hydrogen-bond donors (Lipinski definition) is 1. The largest absolute Gasteiger partial charge is 0.416 e. The first-order valence-corrected chi connectivity index (χ1v) is 14.8. The normalized spacial score (nSPS) is 13.9. The van der Waals surface area contributed by atoms with Crippen molar-refractivity contribution in [2.24, 2.45) is 0 Å². The molecule has 0 aromatic heterocycles. The summed E-state index contributed by atoms with van der Waals surface area (Å²) in [5.74, 6) is -1.21. The minimum atomic E-state index is -5.00. The molecule has 0 amide bonds. The van der Waals surface area contributed by atoms with Crippen molar-refractivity contribution in [3.63, 3.8) is 0 Å². The Morgan fingerprint density at radius 2 is 1.33 bits per heavy atom. The van der Waals surface area contributed by atoms with Crippen molar-refractivity contribution in [3.8, 4) is 0 Å². The number of hydrogen-bond acceptors (Lipinski definition) is 6. The van der Waals surface area contributed by atoms with Gasteiger partial charge in [-0.2, -0.15) is 13.2 Å². The summed E-state index contributed by atoms with van der Waals surface area (Å²) in [5.41, 5.74) is -1.08. The van der Waals surface area contributed by atoms with Gasteiger partial charge in [0, 0.05) is 6.04 Å². The topological polar surface area (TPSA) is 114 Å². The standard InChI is InChI=1S/C22H19F4NO6S3/c1-14(27-34(2,28)29)15-7-10-17(11-8-15)35(30,31)21-13-16(22(24,25)26)9-12-20(21)36(32,33)19-6-4-3-5-18(19)23/h3-14,27H,1-2H3/t14-/m0/s1. The number of alkyl halides is 3. The van der Waals surface area contributed by atoms with Crippen LogP contribution in [0.1, 0.15) is 24.1 Å². The molecule has 3 aromatic rings. The van der Waals surface area contributed by atoms with Crippen LogP contribution in [-0.2, 0) is 35.9 Å². The highest BCUT2D eigenvalue weighted by Gasteiger charge is 2.36. The molecule has 0 aliphatic rings. The lowest BCUT2D eigenvalue weighted by Gasteiger charge is -2.16. The first kappa shape index (κ1) is 27.8. The first-order chi connectivity index (χ1) is 16.4. The molecule has 0 aliphatic carbocycles. The van der Waals surface area contributed by atoms with Gasteiger partial charge in [0.1, 0.15) is 10.7 Å². The van der Waals surface area contributed by atoms with E-state index in [1.54, 1.807) is 0 Å². The van der Waals surface area contributed by atoms with Crippen LogP contribution >= 0.6 is 0 Å². The molecule has 3 aromatic carbocycles. The van der Waals surface area contributed by atoms with Gasteiger partial charge in [0.2, 0.25) is 29.7 Å². The highest BCUT2D eigenvalue weighted by molar-refractivity contribution is 7.94. The number of rotatable bonds is 7. The van der Waals surface area contributed by atoms with Crippen LogP contribution in [0.15, 0.2) is 86.3 Å². The van der Waals surface area contributed by atoms with E-state index in [1.807, 2.05) is 0 Å². The van der Waals surface area contributed by atoms with Crippen LogP contribution in [0.4, 0.5) is 17.6 Å². The molecule has 36 heavy (non-hydrogen) atoms. The zero-order chi connectivity index (χ0) is 27.1. The zero-order valence-corrected chi connectivity index (χ0v) is 21.1. The fraction of sp³-hybridized carbons (Fsp3) is 0.182. The van der Waals surface area contributed by atoms with Crippen molar-refractivity contribution in [1.82, 2.24) is 4.72 Å². The van der Waals surface area contributed by atoms with Gasteiger partial charge in [-0.1, -0.05) is 24.3 Å². The third-order valence-corrected chi connectivity index (χ3v) is 9.62. The summed E-state index contributed by atoms with van der Waals surface area (Å²) in [7, 11) is -13.4. The maximum atomic E-state index is 14.3. The van der Waals surface area contributed by atoms with Gasteiger partial charge in [-0.3, -0.25) is 0 Å². The number of sulfone groups is 2. The third-order valence-electron chi connectivity index (χ3n) is 5.06. The Bertz CT molecular complexity index is 1620. The minimum absolute atomic E-state index is 0.185. The number of benzene rings is 3. The van der Waals surface area contributed by atoms with Gasteiger partial charge >= 0.3 is 6.18 Å². The van der Waals surface area contributed by atoms with Crippen LogP contribution in [0.25, 0.3) is 0 Å². The predicted octanol–water partition coefficient (Wildman–Crippen LogP) is 4.12. The Morgan fingerprint density at radius 1 is 0.750 bits per heavy atom. The molecule has 7 nitrogen and oxygen atoms in total. The van der Waals surface area contributed by atoms with Gasteiger partial charge < -0.3 is 0 Å². The molecule has 1 atom stereocenters. The lowest BCUT2D eigenvalue weighted by Crippen LogP contribution is -2.25. The summed E-state index contributed by atoms with van der Waals surface area (Å²) in [4.78, 5) is -3.67. The highest BCUT2D eigenvalue weighted by atomic mass is 32.2. The maximum absolute atomic E-state index is 14.3. The fourth-order valence-electron chi connectivity index (χ4n) is 3.35. The average molecular weight is 566 g/mol. The van der Waals surface area contributed by atoms with Crippen LogP contribution in [0.3, 0.4) is 0 Å². The molecule has 3 rings (SSSR count). The van der Waals surface area contributed by atoms with Gasteiger partial charge in [0.05, 0.1) is 26.5 Å². The predicted molar refractivity (Wildman–Crippen MR) is 122 cm³/mol. The lowest BCUT2D eigenvalue weighted by atomic mass is 10.1. The minimum Gasteiger partial charge on any atom is -0.218 e. The Kier molecular flexibility index (Phi) is 7.39. The smallest absolute Gasteiger partial charge is 0.218 e. The molecule has 0 unspecified atom stereocenters. The molecule has 0 saturated carbocycles. The van der Waals surface area contributed by atoms with Crippen LogP contribution in [0.2, 0.25) is 0 Å². The molecule has 0 spiro atoms. The molecular weight excluding hydrogens is 546 g/mol. The van der Waals surface area contributed by atoms with Crippen molar-refractivity contribution in [2.75, 3.05) is 6.26 Å². The highest BCUT2D eigenvalue weighted by Crippen LogP contribution is 2.37. The van der Waals surface area contributed by atoms with Crippen molar-refractivity contribution in [2.45, 2.75) is 38.7 Å². The zero-order valence-electron chi connectivity index (χ0n) is 18.6. The molecule has 0 aliphatic heterocycles. The van der Waals surface area contributed by atoms with E-state index >= 15 is 0 Å². The Hall–Kier alpha value is -2.81. The van der Waals surface area contributed by atoms with Crippen LogP contribution in [-0.4, -0.2) is 31.5 Å². The Balaban J connectivity index is 2.21. The van der Waals surface area contributed by atoms with E-state index in [-0.39, 0.29) is 6.07 Å². The number of sulfonamides is 1. The Labute approximate surface area is 205 Å². The van der Waals surface area contributed by atoms with E-state index in [0.29, 0.717) is 17.7 Å². The van der Waals surface area contributed by atoms with Gasteiger partial charge in [0.15, 0.2) is 0 Å². The van der Waals surface area contributed by atoms with Crippen LogP contribution < -0.4 is 4.72 Å². The van der Waals surface area contributed by atoms with Crippen molar-refractivity contribution < 1.29 is 42.8 Å². The summed E-state index contributed by atoms with van der Waals surface area (Å²) in [6.07, 6.45) is -4.07. The lowest BCUT2D eigenvalue weighted by molar-refractivity contribution is -0.137. The second-order valence-corrected chi connectivity index (χ2v) is 13.4. The summed E-state index contributed by atoms with van der Waals surface area (Å²) < 4.78 is 133. The molecule has 0 saturated heterocycles. The van der Waals surface area contributed by atoms with E-state index in [4.69, 9.17) is 0 Å². The molecule has 14 heteroatoms.